The van der Waals surface area contributed by atoms with E-state index in [-0.39, 0.29) is 54.1 Å². The number of fused-ring (bicyclic) bond motifs is 3. The predicted octanol–water partition coefficient (Wildman–Crippen LogP) is 5.53. The van der Waals surface area contributed by atoms with Crippen LogP contribution in [-0.4, -0.2) is 98.7 Å². The second-order valence-electron chi connectivity index (χ2n) is 15.8. The average Bonchev–Trinajstić information content (AvgIpc) is 4.08. The van der Waals surface area contributed by atoms with E-state index >= 15 is 0 Å². The minimum absolute atomic E-state index is 0.0328. The first kappa shape index (κ1) is 42.1. The third-order valence-electron chi connectivity index (χ3n) is 11.2. The first-order valence-electron chi connectivity index (χ1n) is 20.6. The Bertz CT molecular complexity index is 2710. The molecule has 0 spiro atoms. The standard InChI is InChI=1S/C45H49N11O7/c1-7-46-28-10-11-34-27(16-28)12-13-55(34)45(61)36-18-30(24-53(36)4)48-42(58)35-17-29(23-52(35)3)49-43(59)41-51-39(25-54(41)5)50-40(57)9-8-14-63-38-20-33-32(19-37(38)62-6)44(60)56-22-26(2)15-31(56)21-47-33/h10-11,16-21,23-25,31,46H,2,7-9,12-15,22H2,1,3-6H3,(H,48,58)(H,49,59)(H,50,57)/t31-/m0/s1. The number of amides is 5. The highest BCUT2D eigenvalue weighted by Gasteiger charge is 2.34. The van der Waals surface area contributed by atoms with Crippen LogP contribution in [0.5, 0.6) is 11.5 Å². The third kappa shape index (κ3) is 8.64. The van der Waals surface area contributed by atoms with Crippen LogP contribution in [0.1, 0.15) is 73.7 Å². The fourth-order valence-electron chi connectivity index (χ4n) is 8.11. The summed E-state index contributed by atoms with van der Waals surface area (Å²) in [5.74, 6) is -0.621. The quantitative estimate of drug-likeness (QED) is 0.0820. The Morgan fingerprint density at radius 3 is 2.38 bits per heavy atom. The first-order chi connectivity index (χ1) is 30.3. The van der Waals surface area contributed by atoms with E-state index in [0.29, 0.717) is 65.7 Å². The van der Waals surface area contributed by atoms with E-state index in [1.54, 1.807) is 76.9 Å². The predicted molar refractivity (Wildman–Crippen MR) is 239 cm³/mol. The highest BCUT2D eigenvalue weighted by Crippen LogP contribution is 2.39. The molecular weight excluding hydrogens is 807 g/mol. The lowest BCUT2D eigenvalue weighted by Gasteiger charge is -2.20. The van der Waals surface area contributed by atoms with Crippen molar-refractivity contribution in [3.8, 4) is 11.5 Å². The number of nitrogens with zero attached hydrogens (tertiary/aromatic N) is 7. The number of benzene rings is 2. The summed E-state index contributed by atoms with van der Waals surface area (Å²) in [6, 6.07) is 12.4. The van der Waals surface area contributed by atoms with Crippen LogP contribution < -0.4 is 35.6 Å². The zero-order valence-corrected chi connectivity index (χ0v) is 35.8. The fraction of sp³-hybridized carbons (Fsp3) is 0.311. The molecule has 18 heteroatoms. The summed E-state index contributed by atoms with van der Waals surface area (Å²) < 4.78 is 16.2. The topological polar surface area (TPSA) is 198 Å². The smallest absolute Gasteiger partial charge is 0.291 e. The molecule has 3 aromatic heterocycles. The van der Waals surface area contributed by atoms with Crippen molar-refractivity contribution in [1.29, 1.82) is 0 Å². The van der Waals surface area contributed by atoms with Gasteiger partial charge < -0.3 is 54.2 Å². The zero-order chi connectivity index (χ0) is 44.5. The molecule has 0 unspecified atom stereocenters. The number of aryl methyl sites for hydroxylation is 3. The van der Waals surface area contributed by atoms with Crippen LogP contribution in [-0.2, 0) is 32.4 Å². The van der Waals surface area contributed by atoms with E-state index < -0.39 is 11.8 Å². The molecular formula is C45H49N11O7. The molecule has 5 amide bonds. The van der Waals surface area contributed by atoms with Crippen LogP contribution in [0.4, 0.5) is 34.3 Å². The molecule has 8 rings (SSSR count). The Morgan fingerprint density at radius 2 is 1.62 bits per heavy atom. The first-order valence-corrected chi connectivity index (χ1v) is 20.6. The van der Waals surface area contributed by atoms with Crippen molar-refractivity contribution in [3.63, 3.8) is 0 Å². The number of anilines is 5. The van der Waals surface area contributed by atoms with Crippen molar-refractivity contribution >= 4 is 70.0 Å². The van der Waals surface area contributed by atoms with Crippen molar-refractivity contribution in [2.75, 3.05) is 59.5 Å². The van der Waals surface area contributed by atoms with E-state index in [2.05, 4.69) is 43.9 Å². The summed E-state index contributed by atoms with van der Waals surface area (Å²) in [7, 11) is 6.56. The van der Waals surface area contributed by atoms with Gasteiger partial charge in [0.05, 0.1) is 42.4 Å². The number of ether oxygens (including phenoxy) is 2. The molecule has 1 fully saturated rings. The zero-order valence-electron chi connectivity index (χ0n) is 35.8. The number of methoxy groups -OCH3 is 1. The second kappa shape index (κ2) is 17.4. The van der Waals surface area contributed by atoms with Crippen molar-refractivity contribution in [3.05, 3.63) is 102 Å². The Kier molecular flexibility index (Phi) is 11.6. The maximum atomic E-state index is 13.6. The van der Waals surface area contributed by atoms with Crippen molar-refractivity contribution in [1.82, 2.24) is 23.6 Å². The van der Waals surface area contributed by atoms with Crippen LogP contribution >= 0.6 is 0 Å². The van der Waals surface area contributed by atoms with E-state index in [1.807, 2.05) is 19.1 Å². The highest BCUT2D eigenvalue weighted by molar-refractivity contribution is 6.09. The number of aliphatic imine (C=N–C) groups is 1. The molecule has 0 radical (unpaired) electrons. The van der Waals surface area contributed by atoms with Crippen LogP contribution in [0, 0.1) is 0 Å². The summed E-state index contributed by atoms with van der Waals surface area (Å²) in [6.45, 7) is 8.09. The highest BCUT2D eigenvalue weighted by atomic mass is 16.5. The molecule has 326 valence electrons. The van der Waals surface area contributed by atoms with Crippen molar-refractivity contribution < 1.29 is 33.4 Å². The second-order valence-corrected chi connectivity index (χ2v) is 15.8. The van der Waals surface area contributed by atoms with Gasteiger partial charge in [-0.1, -0.05) is 12.2 Å². The molecule has 4 N–H and O–H groups in total. The molecule has 3 aliphatic heterocycles. The van der Waals surface area contributed by atoms with E-state index in [0.717, 1.165) is 35.5 Å². The molecule has 0 bridgehead atoms. The van der Waals surface area contributed by atoms with Crippen LogP contribution in [0.15, 0.2) is 78.2 Å². The van der Waals surface area contributed by atoms with Gasteiger partial charge in [-0.05, 0) is 68.1 Å². The molecule has 18 nitrogen and oxygen atoms in total. The lowest BCUT2D eigenvalue weighted by molar-refractivity contribution is -0.116. The number of carbonyl (C=O) groups is 5. The van der Waals surface area contributed by atoms with Gasteiger partial charge in [0.25, 0.3) is 23.6 Å². The number of nitrogens with one attached hydrogen (secondary N) is 4. The summed E-state index contributed by atoms with van der Waals surface area (Å²) in [4.78, 5) is 78.9. The van der Waals surface area contributed by atoms with Gasteiger partial charge in [0, 0.05) is 89.4 Å². The number of rotatable bonds is 14. The van der Waals surface area contributed by atoms with Crippen LogP contribution in [0.3, 0.4) is 0 Å². The average molecular weight is 856 g/mol. The lowest BCUT2D eigenvalue weighted by atomic mass is 10.1. The normalized spacial score (nSPS) is 15.1. The monoisotopic (exact) mass is 855 g/mol. The van der Waals surface area contributed by atoms with Gasteiger partial charge in [0.2, 0.25) is 11.7 Å². The van der Waals surface area contributed by atoms with Gasteiger partial charge in [-0.25, -0.2) is 4.98 Å². The third-order valence-corrected chi connectivity index (χ3v) is 11.2. The van der Waals surface area contributed by atoms with Crippen LogP contribution in [0.2, 0.25) is 0 Å². The minimum atomic E-state index is -0.553. The number of imidazole rings is 1. The molecule has 0 saturated carbocycles. The maximum Gasteiger partial charge on any atom is 0.291 e. The van der Waals surface area contributed by atoms with Gasteiger partial charge in [-0.3, -0.25) is 29.0 Å². The van der Waals surface area contributed by atoms with Gasteiger partial charge >= 0.3 is 0 Å². The van der Waals surface area contributed by atoms with E-state index in [1.165, 1.54) is 23.9 Å². The van der Waals surface area contributed by atoms with Gasteiger partial charge in [0.1, 0.15) is 11.4 Å². The van der Waals surface area contributed by atoms with Gasteiger partial charge in [-0.15, -0.1) is 0 Å². The summed E-state index contributed by atoms with van der Waals surface area (Å²) >= 11 is 0. The molecule has 5 aromatic rings. The largest absolute Gasteiger partial charge is 0.493 e. The van der Waals surface area contributed by atoms with Crippen molar-refractivity contribution in [2.45, 2.75) is 38.6 Å². The molecule has 2 aromatic carbocycles. The number of carbonyl (C=O) groups excluding carboxylic acids is 5. The summed E-state index contributed by atoms with van der Waals surface area (Å²) in [5.41, 5.74) is 6.37. The molecule has 1 atom stereocenters. The Hall–Kier alpha value is -7.63. The minimum Gasteiger partial charge on any atom is -0.493 e. The molecule has 0 aliphatic carbocycles. The number of aromatic nitrogens is 4. The van der Waals surface area contributed by atoms with Crippen LogP contribution in [0.25, 0.3) is 0 Å². The Morgan fingerprint density at radius 1 is 0.873 bits per heavy atom. The Balaban J connectivity index is 0.827. The molecule has 1 saturated heterocycles. The summed E-state index contributed by atoms with van der Waals surface area (Å²) in [5, 5.41) is 11.7. The summed E-state index contributed by atoms with van der Waals surface area (Å²) in [6.07, 6.45) is 8.45. The van der Waals surface area contributed by atoms with Gasteiger partial charge in [0.15, 0.2) is 17.3 Å². The molecule has 63 heavy (non-hydrogen) atoms. The molecule has 6 heterocycles. The van der Waals surface area contributed by atoms with E-state index in [9.17, 15) is 24.0 Å². The SMILES string of the molecule is C=C1C[C@H]2C=Nc3cc(OCCCC(=O)Nc4cn(C)c(C(=O)Nc5cc(C(=O)Nc6cc(C(=O)N7CCc8cc(NCC)ccc87)n(C)c6)n(C)c5)n4)c(OC)cc3C(=O)N2C1. The Labute approximate surface area is 363 Å². The number of hydrogen-bond acceptors (Lipinski definition) is 10. The number of hydrogen-bond donors (Lipinski definition) is 4. The van der Waals surface area contributed by atoms with Crippen molar-refractivity contribution in [2.24, 2.45) is 26.1 Å². The van der Waals surface area contributed by atoms with Gasteiger partial charge in [-0.2, -0.15) is 0 Å². The lowest BCUT2D eigenvalue weighted by Crippen LogP contribution is -2.35. The fourth-order valence-corrected chi connectivity index (χ4v) is 8.11. The van der Waals surface area contributed by atoms with E-state index in [4.69, 9.17) is 9.47 Å². The molecule has 3 aliphatic rings. The maximum absolute atomic E-state index is 13.6.